The third-order valence-electron chi connectivity index (χ3n) is 6.68. The van der Waals surface area contributed by atoms with Gasteiger partial charge < -0.3 is 14.7 Å². The zero-order valence-electron chi connectivity index (χ0n) is 20.6. The van der Waals surface area contributed by atoms with Crippen molar-refractivity contribution >= 4 is 21.9 Å². The molecule has 7 rings (SSSR count). The predicted octanol–water partition coefficient (Wildman–Crippen LogP) is 6.25. The summed E-state index contributed by atoms with van der Waals surface area (Å²) in [5.74, 6) is 0.202. The molecule has 39 heavy (non-hydrogen) atoms. The van der Waals surface area contributed by atoms with Crippen LogP contribution in [0.15, 0.2) is 96.2 Å². The highest BCUT2D eigenvalue weighted by Crippen LogP contribution is 2.34. The molecule has 0 saturated heterocycles. The molecule has 0 aliphatic heterocycles. The molecular weight excluding hydrogens is 493 g/mol. The third kappa shape index (κ3) is 4.34. The summed E-state index contributed by atoms with van der Waals surface area (Å²) in [5, 5.41) is 11.6. The Morgan fingerprint density at radius 2 is 1.77 bits per heavy atom. The van der Waals surface area contributed by atoms with Crippen molar-refractivity contribution in [3.05, 3.63) is 109 Å². The number of furan rings is 1. The van der Waals surface area contributed by atoms with Gasteiger partial charge in [0.2, 0.25) is 0 Å². The fraction of sp³-hybridized carbons (Fsp3) is 0.0667. The largest absolute Gasteiger partial charge is 0.472 e. The van der Waals surface area contributed by atoms with Gasteiger partial charge in [0, 0.05) is 59.8 Å². The molecule has 0 unspecified atom stereocenters. The van der Waals surface area contributed by atoms with Crippen LogP contribution in [0.3, 0.4) is 0 Å². The van der Waals surface area contributed by atoms with E-state index in [-0.39, 0.29) is 5.82 Å². The fourth-order valence-corrected chi connectivity index (χ4v) is 4.78. The summed E-state index contributed by atoms with van der Waals surface area (Å²) in [4.78, 5) is 17.0. The number of benzene rings is 2. The minimum absolute atomic E-state index is 0.357. The molecule has 9 heteroatoms. The topological polar surface area (TPSA) is 108 Å². The standard InChI is InChI=1S/C30H22FN7O/c31-24-12-26-23(11-22(24)21-10-19(15-33-16-21)14-32-13-18-4-2-1-3-5-18)28(38-37-26)30-35-25-6-8-34-27(29(25)36-30)20-7-9-39-17-20/h1-12,15-17,32H,13-14H2,(H,35,36)(H,37,38). The van der Waals surface area contributed by atoms with Crippen molar-refractivity contribution in [2.24, 2.45) is 0 Å². The first-order chi connectivity index (χ1) is 19.2. The van der Waals surface area contributed by atoms with Crippen LogP contribution < -0.4 is 5.32 Å². The summed E-state index contributed by atoms with van der Waals surface area (Å²) in [7, 11) is 0. The van der Waals surface area contributed by atoms with Crippen LogP contribution in [-0.4, -0.2) is 30.1 Å². The maximum Gasteiger partial charge on any atom is 0.159 e. The number of pyridine rings is 2. The molecule has 5 aromatic heterocycles. The highest BCUT2D eigenvalue weighted by atomic mass is 19.1. The Balaban J connectivity index is 1.23. The zero-order chi connectivity index (χ0) is 26.2. The molecular formula is C30H22FN7O. The van der Waals surface area contributed by atoms with Crippen molar-refractivity contribution in [3.8, 4) is 33.9 Å². The summed E-state index contributed by atoms with van der Waals surface area (Å²) < 4.78 is 20.5. The molecule has 0 amide bonds. The van der Waals surface area contributed by atoms with Crippen molar-refractivity contribution in [2.45, 2.75) is 13.1 Å². The van der Waals surface area contributed by atoms with Crippen LogP contribution in [0.4, 0.5) is 4.39 Å². The van der Waals surface area contributed by atoms with Crippen LogP contribution >= 0.6 is 0 Å². The monoisotopic (exact) mass is 515 g/mol. The van der Waals surface area contributed by atoms with Crippen molar-refractivity contribution in [1.82, 2.24) is 35.5 Å². The van der Waals surface area contributed by atoms with Crippen LogP contribution in [0.5, 0.6) is 0 Å². The average Bonchev–Trinajstić information content (AvgIpc) is 3.73. The van der Waals surface area contributed by atoms with E-state index in [0.717, 1.165) is 28.6 Å². The number of nitrogens with zero attached hydrogens (tertiary/aromatic N) is 4. The van der Waals surface area contributed by atoms with Gasteiger partial charge in [-0.1, -0.05) is 30.3 Å². The Kier molecular flexibility index (Phi) is 5.68. The van der Waals surface area contributed by atoms with E-state index < -0.39 is 0 Å². The van der Waals surface area contributed by atoms with Crippen molar-refractivity contribution < 1.29 is 8.81 Å². The molecule has 0 aliphatic rings. The highest BCUT2D eigenvalue weighted by Gasteiger charge is 2.18. The lowest BCUT2D eigenvalue weighted by Gasteiger charge is -2.08. The zero-order valence-corrected chi connectivity index (χ0v) is 20.6. The Bertz CT molecular complexity index is 1910. The second kappa shape index (κ2) is 9.62. The van der Waals surface area contributed by atoms with Gasteiger partial charge in [-0.15, -0.1) is 0 Å². The van der Waals surface area contributed by atoms with E-state index in [1.807, 2.05) is 36.4 Å². The lowest BCUT2D eigenvalue weighted by Crippen LogP contribution is -2.12. The minimum Gasteiger partial charge on any atom is -0.472 e. The van der Waals surface area contributed by atoms with Gasteiger partial charge in [0.1, 0.15) is 22.7 Å². The molecule has 0 bridgehead atoms. The van der Waals surface area contributed by atoms with E-state index >= 15 is 4.39 Å². The van der Waals surface area contributed by atoms with Gasteiger partial charge in [0.05, 0.1) is 23.6 Å². The van der Waals surface area contributed by atoms with Crippen LogP contribution in [0.1, 0.15) is 11.1 Å². The Hall–Kier alpha value is -5.15. The second-order valence-corrected chi connectivity index (χ2v) is 9.27. The van der Waals surface area contributed by atoms with E-state index in [2.05, 4.69) is 42.6 Å². The fourth-order valence-electron chi connectivity index (χ4n) is 4.78. The summed E-state index contributed by atoms with van der Waals surface area (Å²) in [6.07, 6.45) is 8.42. The van der Waals surface area contributed by atoms with Gasteiger partial charge in [0.15, 0.2) is 5.82 Å². The molecule has 0 aliphatic carbocycles. The lowest BCUT2D eigenvalue weighted by molar-refractivity contribution is 0.568. The number of hydrogen-bond acceptors (Lipinski definition) is 6. The highest BCUT2D eigenvalue weighted by molar-refractivity contribution is 5.97. The number of halogens is 1. The molecule has 0 atom stereocenters. The summed E-state index contributed by atoms with van der Waals surface area (Å²) >= 11 is 0. The van der Waals surface area contributed by atoms with E-state index in [4.69, 9.17) is 9.40 Å². The number of aromatic nitrogens is 6. The summed E-state index contributed by atoms with van der Waals surface area (Å²) in [6.45, 7) is 1.35. The number of H-pyrrole nitrogens is 2. The molecule has 3 N–H and O–H groups in total. The van der Waals surface area contributed by atoms with E-state index in [1.54, 1.807) is 37.2 Å². The molecule has 0 fully saturated rings. The van der Waals surface area contributed by atoms with E-state index in [0.29, 0.717) is 45.9 Å². The van der Waals surface area contributed by atoms with E-state index in [1.165, 1.54) is 11.6 Å². The minimum atomic E-state index is -0.357. The average molecular weight is 516 g/mol. The SMILES string of the molecule is Fc1cc2[nH]nc(-c3nc4c(-c5ccoc5)nccc4[nH]3)c2cc1-c1cncc(CNCc2ccccc2)c1. The van der Waals surface area contributed by atoms with Crippen LogP contribution in [-0.2, 0) is 13.1 Å². The normalized spacial score (nSPS) is 11.5. The Morgan fingerprint density at radius 1 is 0.872 bits per heavy atom. The number of imidazole rings is 1. The molecule has 5 heterocycles. The first-order valence-electron chi connectivity index (χ1n) is 12.5. The van der Waals surface area contributed by atoms with Gasteiger partial charge in [-0.3, -0.25) is 15.1 Å². The Morgan fingerprint density at radius 3 is 2.64 bits per heavy atom. The number of fused-ring (bicyclic) bond motifs is 2. The predicted molar refractivity (Wildman–Crippen MR) is 147 cm³/mol. The first-order valence-corrected chi connectivity index (χ1v) is 12.5. The molecule has 190 valence electrons. The third-order valence-corrected chi connectivity index (χ3v) is 6.68. The molecule has 0 saturated carbocycles. The lowest BCUT2D eigenvalue weighted by atomic mass is 10.0. The van der Waals surface area contributed by atoms with Gasteiger partial charge in [-0.2, -0.15) is 5.10 Å². The van der Waals surface area contributed by atoms with Gasteiger partial charge >= 0.3 is 0 Å². The van der Waals surface area contributed by atoms with Crippen molar-refractivity contribution in [2.75, 3.05) is 0 Å². The van der Waals surface area contributed by atoms with Gasteiger partial charge in [-0.25, -0.2) is 9.37 Å². The van der Waals surface area contributed by atoms with Crippen LogP contribution in [0.25, 0.3) is 55.8 Å². The second-order valence-electron chi connectivity index (χ2n) is 9.27. The molecule has 7 aromatic rings. The van der Waals surface area contributed by atoms with Crippen LogP contribution in [0.2, 0.25) is 0 Å². The summed E-state index contributed by atoms with van der Waals surface area (Å²) in [5.41, 5.74) is 7.52. The maximum atomic E-state index is 15.3. The number of rotatable bonds is 7. The maximum absolute atomic E-state index is 15.3. The number of aromatic amines is 2. The molecule has 2 aromatic carbocycles. The van der Waals surface area contributed by atoms with Crippen molar-refractivity contribution in [3.63, 3.8) is 0 Å². The quantitative estimate of drug-likeness (QED) is 0.232. The summed E-state index contributed by atoms with van der Waals surface area (Å²) in [6, 6.07) is 19.1. The molecule has 0 spiro atoms. The van der Waals surface area contributed by atoms with Gasteiger partial charge in [-0.05, 0) is 35.4 Å². The molecule has 0 radical (unpaired) electrons. The smallest absolute Gasteiger partial charge is 0.159 e. The van der Waals surface area contributed by atoms with Gasteiger partial charge in [0.25, 0.3) is 0 Å². The van der Waals surface area contributed by atoms with Crippen LogP contribution in [0, 0.1) is 5.82 Å². The molecule has 8 nitrogen and oxygen atoms in total. The number of hydrogen-bond donors (Lipinski definition) is 3. The Labute approximate surface area is 222 Å². The van der Waals surface area contributed by atoms with Crippen molar-refractivity contribution in [1.29, 1.82) is 0 Å². The number of nitrogens with one attached hydrogen (secondary N) is 3. The van der Waals surface area contributed by atoms with E-state index in [9.17, 15) is 0 Å². The first kappa shape index (κ1) is 23.0.